The van der Waals surface area contributed by atoms with Crippen LogP contribution in [0.2, 0.25) is 5.35 Å². The molecule has 0 bridgehead atoms. The van der Waals surface area contributed by atoms with Gasteiger partial charge in [0.1, 0.15) is 0 Å². The predicted octanol–water partition coefficient (Wildman–Crippen LogP) is 3.21. The van der Waals surface area contributed by atoms with E-state index in [1.165, 1.54) is 11.3 Å². The van der Waals surface area contributed by atoms with Gasteiger partial charge in [-0.3, -0.25) is 0 Å². The molecule has 0 fully saturated rings. The minimum atomic E-state index is 0.0605. The Morgan fingerprint density at radius 3 is 2.92 bits per heavy atom. The van der Waals surface area contributed by atoms with Crippen LogP contribution in [-0.2, 0) is 0 Å². The summed E-state index contributed by atoms with van der Waals surface area (Å²) >= 11 is 10.4. The largest absolute Gasteiger partial charge is 0.321 e. The molecule has 62 valence electrons. The van der Waals surface area contributed by atoms with Crippen LogP contribution in [0.1, 0.15) is 0 Å². The normalized spacial score (nSPS) is 10.5. The maximum atomic E-state index is 5.48. The van der Waals surface area contributed by atoms with E-state index in [1.807, 2.05) is 11.4 Å². The fraction of sp³-hybridized carbons (Fsp3) is 0. The zero-order chi connectivity index (χ0) is 8.55. The quantitative estimate of drug-likeness (QED) is 0.795. The number of thiophene rings is 1. The van der Waals surface area contributed by atoms with Gasteiger partial charge in [0, 0.05) is 4.47 Å². The second-order valence-electron chi connectivity index (χ2n) is 1.97. The number of halogens is 2. The maximum Gasteiger partial charge on any atom is 0.320 e. The van der Waals surface area contributed by atoms with Gasteiger partial charge >= 0.3 is 5.35 Å². The standard InChI is InChI=1S/C6H2BrClN2OS/c7-3-1-2-12-4(3)5-9-6(8)11-10-5/h1-2H. The predicted molar refractivity (Wildman–Crippen MR) is 50.3 cm³/mol. The van der Waals surface area contributed by atoms with Crippen LogP contribution in [0, 0.1) is 0 Å². The van der Waals surface area contributed by atoms with Crippen LogP contribution >= 0.6 is 38.9 Å². The van der Waals surface area contributed by atoms with Crippen molar-refractivity contribution in [3.05, 3.63) is 21.3 Å². The molecule has 3 nitrogen and oxygen atoms in total. The molecule has 0 aliphatic carbocycles. The van der Waals surface area contributed by atoms with E-state index in [4.69, 9.17) is 11.6 Å². The van der Waals surface area contributed by atoms with Crippen LogP contribution in [0.15, 0.2) is 20.4 Å². The number of hydrogen-bond donors (Lipinski definition) is 0. The third-order valence-corrected chi connectivity index (χ3v) is 3.21. The summed E-state index contributed by atoms with van der Waals surface area (Å²) in [6.45, 7) is 0. The number of rotatable bonds is 1. The molecule has 0 saturated heterocycles. The van der Waals surface area contributed by atoms with E-state index >= 15 is 0 Å². The van der Waals surface area contributed by atoms with Gasteiger partial charge < -0.3 is 4.52 Å². The van der Waals surface area contributed by atoms with E-state index in [0.717, 1.165) is 9.35 Å². The Kier molecular flexibility index (Phi) is 2.16. The first-order valence-electron chi connectivity index (χ1n) is 3.00. The molecule has 2 aromatic rings. The van der Waals surface area contributed by atoms with Gasteiger partial charge in [0.25, 0.3) is 0 Å². The van der Waals surface area contributed by atoms with Crippen molar-refractivity contribution < 1.29 is 4.52 Å². The van der Waals surface area contributed by atoms with Crippen molar-refractivity contribution in [1.82, 2.24) is 10.1 Å². The lowest BCUT2D eigenvalue weighted by Gasteiger charge is -1.85. The van der Waals surface area contributed by atoms with Crippen molar-refractivity contribution in [3.8, 4) is 10.7 Å². The molecule has 0 radical (unpaired) electrons. The van der Waals surface area contributed by atoms with Crippen LogP contribution in [0.3, 0.4) is 0 Å². The number of hydrogen-bond acceptors (Lipinski definition) is 4. The highest BCUT2D eigenvalue weighted by molar-refractivity contribution is 9.10. The summed E-state index contributed by atoms with van der Waals surface area (Å²) in [5.74, 6) is 0.516. The average Bonchev–Trinajstić information content (AvgIpc) is 2.58. The van der Waals surface area contributed by atoms with Crippen molar-refractivity contribution in [2.45, 2.75) is 0 Å². The SMILES string of the molecule is Clc1nc(-c2sccc2Br)no1. The molecule has 2 rings (SSSR count). The highest BCUT2D eigenvalue weighted by atomic mass is 79.9. The highest BCUT2D eigenvalue weighted by Crippen LogP contribution is 2.31. The van der Waals surface area contributed by atoms with Crippen LogP contribution in [0.5, 0.6) is 0 Å². The Bertz CT molecular complexity index is 400. The topological polar surface area (TPSA) is 38.9 Å². The molecule has 12 heavy (non-hydrogen) atoms. The summed E-state index contributed by atoms with van der Waals surface area (Å²) in [7, 11) is 0. The van der Waals surface area contributed by atoms with Gasteiger partial charge in [-0.15, -0.1) is 11.3 Å². The lowest BCUT2D eigenvalue weighted by atomic mass is 10.4. The minimum Gasteiger partial charge on any atom is -0.321 e. The zero-order valence-corrected chi connectivity index (χ0v) is 8.78. The first-order valence-corrected chi connectivity index (χ1v) is 5.05. The van der Waals surface area contributed by atoms with Gasteiger partial charge in [-0.2, -0.15) is 4.98 Å². The molecule has 2 heterocycles. The Morgan fingerprint density at radius 1 is 1.58 bits per heavy atom. The third kappa shape index (κ3) is 1.39. The zero-order valence-electron chi connectivity index (χ0n) is 5.62. The van der Waals surface area contributed by atoms with Crippen LogP contribution in [0.4, 0.5) is 0 Å². The van der Waals surface area contributed by atoms with Crippen molar-refractivity contribution in [2.24, 2.45) is 0 Å². The van der Waals surface area contributed by atoms with Gasteiger partial charge in [-0.25, -0.2) is 0 Å². The fourth-order valence-corrected chi connectivity index (χ4v) is 2.34. The first kappa shape index (κ1) is 8.22. The summed E-state index contributed by atoms with van der Waals surface area (Å²) in [4.78, 5) is 4.80. The third-order valence-electron chi connectivity index (χ3n) is 1.22. The van der Waals surface area contributed by atoms with Crippen LogP contribution in [0.25, 0.3) is 10.7 Å². The molecule has 0 spiro atoms. The lowest BCUT2D eigenvalue weighted by molar-refractivity contribution is 0.421. The molecular weight excluding hydrogens is 264 g/mol. The average molecular weight is 266 g/mol. The monoisotopic (exact) mass is 264 g/mol. The van der Waals surface area contributed by atoms with E-state index in [-0.39, 0.29) is 5.35 Å². The van der Waals surface area contributed by atoms with Crippen LogP contribution in [-0.4, -0.2) is 10.1 Å². The summed E-state index contributed by atoms with van der Waals surface area (Å²) in [5.41, 5.74) is 0. The van der Waals surface area contributed by atoms with Crippen molar-refractivity contribution >= 4 is 38.9 Å². The Hall–Kier alpha value is -0.390. The Morgan fingerprint density at radius 2 is 2.42 bits per heavy atom. The first-order chi connectivity index (χ1) is 5.77. The summed E-state index contributed by atoms with van der Waals surface area (Å²) in [5, 5.41) is 5.68. The molecule has 0 aliphatic rings. The summed E-state index contributed by atoms with van der Waals surface area (Å²) in [6.07, 6.45) is 0. The van der Waals surface area contributed by atoms with Gasteiger partial charge in [-0.1, -0.05) is 5.16 Å². The van der Waals surface area contributed by atoms with E-state index in [0.29, 0.717) is 5.82 Å². The van der Waals surface area contributed by atoms with E-state index in [9.17, 15) is 0 Å². The second kappa shape index (κ2) is 3.16. The van der Waals surface area contributed by atoms with Gasteiger partial charge in [0.15, 0.2) is 0 Å². The van der Waals surface area contributed by atoms with Crippen LogP contribution < -0.4 is 0 Å². The van der Waals surface area contributed by atoms with Gasteiger partial charge in [-0.05, 0) is 39.0 Å². The molecular formula is C6H2BrClN2OS. The number of aromatic nitrogens is 2. The molecule has 0 atom stereocenters. The van der Waals surface area contributed by atoms with Crippen molar-refractivity contribution in [2.75, 3.05) is 0 Å². The van der Waals surface area contributed by atoms with E-state index < -0.39 is 0 Å². The second-order valence-corrected chi connectivity index (χ2v) is 4.06. The maximum absolute atomic E-state index is 5.48. The molecule has 0 N–H and O–H groups in total. The van der Waals surface area contributed by atoms with E-state index in [2.05, 4.69) is 30.6 Å². The minimum absolute atomic E-state index is 0.0605. The lowest BCUT2D eigenvalue weighted by Crippen LogP contribution is -1.74. The molecule has 0 aliphatic heterocycles. The smallest absolute Gasteiger partial charge is 0.320 e. The summed E-state index contributed by atoms with van der Waals surface area (Å²) in [6, 6.07) is 1.92. The Labute approximate surface area is 85.5 Å². The molecule has 0 amide bonds. The Balaban J connectivity index is 2.50. The van der Waals surface area contributed by atoms with Crippen molar-refractivity contribution in [3.63, 3.8) is 0 Å². The number of nitrogens with zero attached hydrogens (tertiary/aromatic N) is 2. The molecule has 2 aromatic heterocycles. The summed E-state index contributed by atoms with van der Waals surface area (Å²) < 4.78 is 5.58. The highest BCUT2D eigenvalue weighted by Gasteiger charge is 2.10. The molecule has 0 saturated carbocycles. The fourth-order valence-electron chi connectivity index (χ4n) is 0.751. The van der Waals surface area contributed by atoms with Gasteiger partial charge in [0.2, 0.25) is 5.82 Å². The van der Waals surface area contributed by atoms with Crippen molar-refractivity contribution in [1.29, 1.82) is 0 Å². The van der Waals surface area contributed by atoms with E-state index in [1.54, 1.807) is 0 Å². The molecule has 0 unspecified atom stereocenters. The van der Waals surface area contributed by atoms with Gasteiger partial charge in [0.05, 0.1) is 4.88 Å². The molecule has 6 heteroatoms. The molecule has 0 aromatic carbocycles.